The summed E-state index contributed by atoms with van der Waals surface area (Å²) in [6.45, 7) is -0.444. The normalized spacial score (nSPS) is 21.0. The summed E-state index contributed by atoms with van der Waals surface area (Å²) in [4.78, 5) is 29.6. The van der Waals surface area contributed by atoms with Crippen molar-refractivity contribution in [3.8, 4) is 11.1 Å². The number of rotatable bonds is 7. The number of amides is 1. The van der Waals surface area contributed by atoms with Gasteiger partial charge in [0.1, 0.15) is 29.5 Å². The smallest absolute Gasteiger partial charge is 0.394 e. The third kappa shape index (κ3) is 6.13. The zero-order chi connectivity index (χ0) is 30.3. The third-order valence-electron chi connectivity index (χ3n) is 7.95. The highest BCUT2D eigenvalue weighted by Crippen LogP contribution is 2.50. The van der Waals surface area contributed by atoms with Gasteiger partial charge in [-0.1, -0.05) is 6.07 Å². The van der Waals surface area contributed by atoms with Gasteiger partial charge in [0.2, 0.25) is 5.91 Å². The molecule has 4 aromatic rings. The Morgan fingerprint density at radius 3 is 2.70 bits per heavy atom. The molecule has 2 aliphatic rings. The molecule has 6 rings (SSSR count). The first-order chi connectivity index (χ1) is 20.6. The first-order valence-electron chi connectivity index (χ1n) is 13.8. The summed E-state index contributed by atoms with van der Waals surface area (Å²) < 4.78 is 68.5. The van der Waals surface area contributed by atoms with Crippen LogP contribution in [0.1, 0.15) is 36.6 Å². The van der Waals surface area contributed by atoms with Crippen LogP contribution in [0.3, 0.4) is 0 Å². The quantitative estimate of drug-likeness (QED) is 0.230. The highest BCUT2D eigenvalue weighted by molar-refractivity contribution is 6.06. The van der Waals surface area contributed by atoms with Crippen LogP contribution >= 0.6 is 0 Å². The van der Waals surface area contributed by atoms with E-state index in [1.54, 1.807) is 30.7 Å². The van der Waals surface area contributed by atoms with E-state index in [4.69, 9.17) is 5.73 Å². The minimum absolute atomic E-state index is 0.0162. The van der Waals surface area contributed by atoms with Gasteiger partial charge in [0.05, 0.1) is 11.7 Å². The van der Waals surface area contributed by atoms with E-state index in [9.17, 15) is 26.7 Å². The number of halogens is 5. The third-order valence-corrected chi connectivity index (χ3v) is 7.95. The molecule has 43 heavy (non-hydrogen) atoms. The lowest BCUT2D eigenvalue weighted by atomic mass is 9.91. The average Bonchev–Trinajstić information content (AvgIpc) is 3.61. The van der Waals surface area contributed by atoms with Gasteiger partial charge in [0.15, 0.2) is 0 Å². The van der Waals surface area contributed by atoms with Gasteiger partial charge in [0.25, 0.3) is 0 Å². The molecule has 0 aliphatic heterocycles. The van der Waals surface area contributed by atoms with Crippen molar-refractivity contribution >= 4 is 22.7 Å². The number of nitrogens with zero attached hydrogens (tertiary/aromatic N) is 3. The highest BCUT2D eigenvalue weighted by Gasteiger charge is 2.48. The van der Waals surface area contributed by atoms with Gasteiger partial charge in [-0.05, 0) is 67.5 Å². The highest BCUT2D eigenvalue weighted by atomic mass is 19.4. The van der Waals surface area contributed by atoms with E-state index in [0.717, 1.165) is 11.5 Å². The van der Waals surface area contributed by atoms with Gasteiger partial charge in [0, 0.05) is 58.4 Å². The number of alkyl halides is 3. The van der Waals surface area contributed by atoms with Crippen LogP contribution < -0.4 is 11.1 Å². The van der Waals surface area contributed by atoms with Gasteiger partial charge in [-0.2, -0.15) is 13.2 Å². The molecule has 12 heteroatoms. The van der Waals surface area contributed by atoms with Crippen molar-refractivity contribution in [1.29, 1.82) is 0 Å². The molecule has 7 nitrogen and oxygen atoms in total. The monoisotopic (exact) mass is 594 g/mol. The summed E-state index contributed by atoms with van der Waals surface area (Å²) in [5.74, 6) is -2.04. The van der Waals surface area contributed by atoms with Crippen LogP contribution in [0.2, 0.25) is 0 Å². The number of nitrogens with one attached hydrogen (secondary N) is 2. The molecule has 3 atom stereocenters. The molecule has 2 fully saturated rings. The number of nitrogens with two attached hydrogens (primary N) is 1. The Morgan fingerprint density at radius 1 is 1.14 bits per heavy atom. The predicted molar refractivity (Wildman–Crippen MR) is 151 cm³/mol. The molecule has 0 spiro atoms. The number of H-pyrrole nitrogens is 1. The largest absolute Gasteiger partial charge is 0.431 e. The van der Waals surface area contributed by atoms with Gasteiger partial charge in [-0.15, -0.1) is 0 Å². The summed E-state index contributed by atoms with van der Waals surface area (Å²) in [5, 5.41) is 3.71. The molecule has 1 aromatic carbocycles. The lowest BCUT2D eigenvalue weighted by molar-refractivity contribution is -0.120. The van der Waals surface area contributed by atoms with Crippen LogP contribution in [0.5, 0.6) is 0 Å². The van der Waals surface area contributed by atoms with Gasteiger partial charge < -0.3 is 16.0 Å². The number of allylic oxidation sites excluding steroid dienone is 2. The summed E-state index contributed by atoms with van der Waals surface area (Å²) >= 11 is 0. The second-order valence-corrected chi connectivity index (χ2v) is 10.9. The van der Waals surface area contributed by atoms with Crippen LogP contribution in [0.4, 0.5) is 22.0 Å². The summed E-state index contributed by atoms with van der Waals surface area (Å²) in [6.07, 6.45) is 1.70. The maximum atomic E-state index is 14.1. The van der Waals surface area contributed by atoms with E-state index in [-0.39, 0.29) is 41.5 Å². The molecule has 2 saturated carbocycles. The number of hydrogen-bond donors (Lipinski definition) is 3. The molecule has 0 radical (unpaired) electrons. The minimum Gasteiger partial charge on any atom is -0.394 e. The maximum Gasteiger partial charge on any atom is 0.431 e. The number of aromatic nitrogens is 3. The summed E-state index contributed by atoms with van der Waals surface area (Å²) in [5.41, 5.74) is 7.21. The lowest BCUT2D eigenvalue weighted by Crippen LogP contribution is -2.33. The van der Waals surface area contributed by atoms with Crippen molar-refractivity contribution in [3.05, 3.63) is 95.2 Å². The number of aliphatic imine (C=N–C) groups is 1. The van der Waals surface area contributed by atoms with E-state index < -0.39 is 42.0 Å². The fraction of sp³-hybridized carbons (Fsp3) is 0.290. The van der Waals surface area contributed by atoms with Crippen LogP contribution in [0, 0.1) is 23.5 Å². The van der Waals surface area contributed by atoms with E-state index >= 15 is 0 Å². The first kappa shape index (κ1) is 28.5. The Hall–Kier alpha value is -4.61. The average molecular weight is 595 g/mol. The Balaban J connectivity index is 1.32. The topological polar surface area (TPSA) is 109 Å². The minimum atomic E-state index is -4.70. The van der Waals surface area contributed by atoms with Crippen LogP contribution in [-0.2, 0) is 11.2 Å². The second kappa shape index (κ2) is 11.2. The van der Waals surface area contributed by atoms with Gasteiger partial charge in [-0.3, -0.25) is 14.8 Å². The second-order valence-electron chi connectivity index (χ2n) is 10.9. The Morgan fingerprint density at radius 2 is 1.93 bits per heavy atom. The standard InChI is InChI=1S/C31H27F5N6O/c32-20-8-16(9-21(33)13-20)10-25(28-22(2-1-6-38-28)19-11-18-5-7-39-30(18)41-14-19)42-26(43)15-40-27-23(29(37)31(34,35)36)4-3-17-12-24(17)27/h1-2,5-9,11,13-14,17,24-25H,3-4,10,12,15,37H2,(H,39,41)(H,42,43)/t17?,24?,25-/m0/s1. The van der Waals surface area contributed by atoms with Crippen molar-refractivity contribution in [1.82, 2.24) is 20.3 Å². The number of aromatic amines is 1. The molecule has 3 heterocycles. The Bertz CT molecular complexity index is 1740. The van der Waals surface area contributed by atoms with Crippen molar-refractivity contribution < 1.29 is 26.7 Å². The molecule has 2 unspecified atom stereocenters. The predicted octanol–water partition coefficient (Wildman–Crippen LogP) is 5.95. The SMILES string of the molecule is NC(=C1CCC2CC2C1=NCC(=O)N[C@@H](Cc1cc(F)cc(F)c1)c1ncccc1-c1cnc2[nH]ccc2c1)C(F)(F)F. The van der Waals surface area contributed by atoms with Crippen LogP contribution in [-0.4, -0.2) is 39.3 Å². The molecule has 0 bridgehead atoms. The fourth-order valence-corrected chi connectivity index (χ4v) is 5.84. The molecule has 2 aliphatic carbocycles. The Labute approximate surface area is 243 Å². The lowest BCUT2D eigenvalue weighted by Gasteiger charge is -2.22. The molecular weight excluding hydrogens is 567 g/mol. The number of carbonyl (C=O) groups is 1. The molecule has 1 amide bonds. The van der Waals surface area contributed by atoms with Crippen molar-refractivity contribution in [3.63, 3.8) is 0 Å². The van der Waals surface area contributed by atoms with Crippen molar-refractivity contribution in [2.75, 3.05) is 6.54 Å². The van der Waals surface area contributed by atoms with E-state index in [1.807, 2.05) is 12.1 Å². The van der Waals surface area contributed by atoms with Crippen molar-refractivity contribution in [2.45, 2.75) is 37.9 Å². The molecule has 4 N–H and O–H groups in total. The molecular formula is C31H27F5N6O. The van der Waals surface area contributed by atoms with Crippen LogP contribution in [0.15, 0.2) is 77.3 Å². The zero-order valence-electron chi connectivity index (χ0n) is 22.8. The van der Waals surface area contributed by atoms with Crippen LogP contribution in [0.25, 0.3) is 22.2 Å². The van der Waals surface area contributed by atoms with Crippen molar-refractivity contribution in [2.24, 2.45) is 22.6 Å². The Kier molecular flexibility index (Phi) is 7.45. The number of carbonyl (C=O) groups excluding carboxylic acids is 1. The number of fused-ring (bicyclic) bond motifs is 2. The molecule has 222 valence electrons. The number of pyridine rings is 2. The molecule has 0 saturated heterocycles. The summed E-state index contributed by atoms with van der Waals surface area (Å²) in [6, 6.07) is 9.53. The van der Waals surface area contributed by atoms with E-state index in [2.05, 4.69) is 25.3 Å². The first-order valence-corrected chi connectivity index (χ1v) is 13.8. The molecule has 3 aromatic heterocycles. The maximum absolute atomic E-state index is 14.1. The van der Waals surface area contributed by atoms with E-state index in [1.165, 1.54) is 12.1 Å². The van der Waals surface area contributed by atoms with Gasteiger partial charge in [-0.25, -0.2) is 13.8 Å². The number of hydrogen-bond acceptors (Lipinski definition) is 5. The zero-order valence-corrected chi connectivity index (χ0v) is 22.8. The number of benzene rings is 1. The van der Waals surface area contributed by atoms with E-state index in [0.29, 0.717) is 35.3 Å². The van der Waals surface area contributed by atoms with Gasteiger partial charge >= 0.3 is 6.18 Å². The fourth-order valence-electron chi connectivity index (χ4n) is 5.84. The summed E-state index contributed by atoms with van der Waals surface area (Å²) in [7, 11) is 0.